The number of halogens is 4. The second-order valence-electron chi connectivity index (χ2n) is 6.30. The van der Waals surface area contributed by atoms with Crippen LogP contribution in [-0.2, 0) is 24.1 Å². The average Bonchev–Trinajstić information content (AvgIpc) is 3.14. The van der Waals surface area contributed by atoms with E-state index in [0.717, 1.165) is 23.9 Å². The molecule has 0 fully saturated rings. The molecule has 6 nitrogen and oxygen atoms in total. The Balaban J connectivity index is 1.59. The highest BCUT2D eigenvalue weighted by atomic mass is 32.2. The maximum absolute atomic E-state index is 12.9. The van der Waals surface area contributed by atoms with E-state index in [2.05, 4.69) is 15.5 Å². The molecule has 1 aromatic heterocycles. The predicted octanol–water partition coefficient (Wildman–Crippen LogP) is 4.77. The number of amides is 1. The second kappa shape index (κ2) is 9.82. The van der Waals surface area contributed by atoms with Gasteiger partial charge in [-0.25, -0.2) is 4.39 Å². The number of thioether (sulfide) groups is 1. The van der Waals surface area contributed by atoms with Crippen molar-refractivity contribution in [3.63, 3.8) is 0 Å². The van der Waals surface area contributed by atoms with E-state index < -0.39 is 17.6 Å². The van der Waals surface area contributed by atoms with Crippen LogP contribution in [0.4, 0.5) is 23.2 Å². The molecule has 3 aromatic rings. The Morgan fingerprint density at radius 1 is 1.16 bits per heavy atom. The molecule has 0 saturated heterocycles. The van der Waals surface area contributed by atoms with E-state index in [-0.39, 0.29) is 24.0 Å². The first-order valence-electron chi connectivity index (χ1n) is 9.16. The zero-order valence-electron chi connectivity index (χ0n) is 16.3. The highest BCUT2D eigenvalue weighted by Crippen LogP contribution is 2.31. The van der Waals surface area contributed by atoms with E-state index in [9.17, 15) is 22.4 Å². The lowest BCUT2D eigenvalue weighted by atomic mass is 10.2. The lowest BCUT2D eigenvalue weighted by Gasteiger charge is -2.11. The summed E-state index contributed by atoms with van der Waals surface area (Å²) in [4.78, 5) is 12.1. The predicted molar refractivity (Wildman–Crippen MR) is 107 cm³/mol. The summed E-state index contributed by atoms with van der Waals surface area (Å²) >= 11 is 1.15. The summed E-state index contributed by atoms with van der Waals surface area (Å²) < 4.78 is 58.6. The van der Waals surface area contributed by atoms with Gasteiger partial charge in [0.1, 0.15) is 18.2 Å². The molecule has 2 aromatic carbocycles. The summed E-state index contributed by atoms with van der Waals surface area (Å²) in [6.45, 7) is 2.25. The minimum Gasteiger partial charge on any atom is -0.486 e. The van der Waals surface area contributed by atoms with Gasteiger partial charge < -0.3 is 14.6 Å². The van der Waals surface area contributed by atoms with Crippen LogP contribution in [0.25, 0.3) is 0 Å². The lowest BCUT2D eigenvalue weighted by molar-refractivity contribution is -0.137. The van der Waals surface area contributed by atoms with Crippen molar-refractivity contribution < 1.29 is 27.1 Å². The Morgan fingerprint density at radius 2 is 1.90 bits per heavy atom. The van der Waals surface area contributed by atoms with Crippen LogP contribution in [0.3, 0.4) is 0 Å². The molecule has 0 atom stereocenters. The van der Waals surface area contributed by atoms with E-state index in [0.29, 0.717) is 23.2 Å². The number of anilines is 1. The Morgan fingerprint density at radius 3 is 2.58 bits per heavy atom. The Bertz CT molecular complexity index is 1040. The summed E-state index contributed by atoms with van der Waals surface area (Å²) in [6, 6.07) is 9.97. The first-order chi connectivity index (χ1) is 14.8. The van der Waals surface area contributed by atoms with Gasteiger partial charge in [-0.05, 0) is 49.4 Å². The van der Waals surface area contributed by atoms with Gasteiger partial charge in [-0.3, -0.25) is 4.79 Å². The molecule has 3 rings (SSSR count). The summed E-state index contributed by atoms with van der Waals surface area (Å²) in [6.07, 6.45) is -4.46. The van der Waals surface area contributed by atoms with Crippen LogP contribution in [0.2, 0.25) is 0 Å². The summed E-state index contributed by atoms with van der Waals surface area (Å²) in [7, 11) is 0. The topological polar surface area (TPSA) is 69.0 Å². The summed E-state index contributed by atoms with van der Waals surface area (Å²) in [5.74, 6) is -0.175. The number of hydrogen-bond donors (Lipinski definition) is 1. The van der Waals surface area contributed by atoms with Gasteiger partial charge in [0.2, 0.25) is 5.91 Å². The molecule has 0 bridgehead atoms. The molecule has 0 aliphatic rings. The van der Waals surface area contributed by atoms with Gasteiger partial charge in [0, 0.05) is 12.2 Å². The van der Waals surface area contributed by atoms with Crippen molar-refractivity contribution in [3.8, 4) is 5.75 Å². The average molecular weight is 454 g/mol. The number of carbonyl (C=O) groups excluding carboxylic acids is 1. The van der Waals surface area contributed by atoms with Gasteiger partial charge in [-0.15, -0.1) is 10.2 Å². The zero-order valence-corrected chi connectivity index (χ0v) is 17.1. The number of nitrogens with one attached hydrogen (secondary N) is 1. The number of alkyl halides is 3. The van der Waals surface area contributed by atoms with Crippen molar-refractivity contribution in [1.82, 2.24) is 14.8 Å². The Kier molecular flexibility index (Phi) is 7.16. The molecule has 0 saturated carbocycles. The number of benzene rings is 2. The number of carbonyl (C=O) groups is 1. The standard InChI is InChI=1S/C20H18F4N4O2S/c1-2-28-17(11-30-16-5-3-4-13(10-16)20(22,23)24)26-27-19(28)31-12-18(29)25-15-8-6-14(21)7-9-15/h3-10H,2,11-12H2,1H3,(H,25,29). The third kappa shape index (κ3) is 6.20. The van der Waals surface area contributed by atoms with E-state index in [1.165, 1.54) is 36.4 Å². The number of ether oxygens (including phenoxy) is 1. The highest BCUT2D eigenvalue weighted by Gasteiger charge is 2.30. The molecule has 11 heteroatoms. The van der Waals surface area contributed by atoms with Crippen molar-refractivity contribution in [3.05, 3.63) is 65.7 Å². The van der Waals surface area contributed by atoms with Gasteiger partial charge in [0.15, 0.2) is 11.0 Å². The minimum atomic E-state index is -4.46. The molecule has 1 amide bonds. The van der Waals surface area contributed by atoms with Crippen LogP contribution in [0, 0.1) is 5.82 Å². The second-order valence-corrected chi connectivity index (χ2v) is 7.24. The molecule has 0 unspecified atom stereocenters. The Hall–Kier alpha value is -3.08. The first kappa shape index (κ1) is 22.6. The van der Waals surface area contributed by atoms with Crippen molar-refractivity contribution in [2.24, 2.45) is 0 Å². The molecule has 0 aliphatic heterocycles. The molecule has 31 heavy (non-hydrogen) atoms. The number of hydrogen-bond acceptors (Lipinski definition) is 5. The van der Waals surface area contributed by atoms with Crippen LogP contribution < -0.4 is 10.1 Å². The number of nitrogens with zero attached hydrogens (tertiary/aromatic N) is 3. The first-order valence-corrected chi connectivity index (χ1v) is 10.1. The van der Waals surface area contributed by atoms with Crippen LogP contribution in [0.5, 0.6) is 5.75 Å². The molecule has 0 aliphatic carbocycles. The molecular formula is C20H18F4N4O2S. The quantitative estimate of drug-likeness (QED) is 0.392. The number of rotatable bonds is 8. The monoisotopic (exact) mass is 454 g/mol. The van der Waals surface area contributed by atoms with Gasteiger partial charge in [-0.2, -0.15) is 13.2 Å². The molecule has 0 spiro atoms. The van der Waals surface area contributed by atoms with Gasteiger partial charge in [-0.1, -0.05) is 17.8 Å². The fourth-order valence-corrected chi connectivity index (χ4v) is 3.44. The van der Waals surface area contributed by atoms with Crippen molar-refractivity contribution >= 4 is 23.4 Å². The van der Waals surface area contributed by atoms with Crippen molar-refractivity contribution in [2.75, 3.05) is 11.1 Å². The third-order valence-electron chi connectivity index (χ3n) is 4.10. The smallest absolute Gasteiger partial charge is 0.416 e. The third-order valence-corrected chi connectivity index (χ3v) is 5.07. The van der Waals surface area contributed by atoms with Gasteiger partial charge in [0.25, 0.3) is 0 Å². The fraction of sp³-hybridized carbons (Fsp3) is 0.250. The minimum absolute atomic E-state index is 0.0456. The molecule has 0 radical (unpaired) electrons. The van der Waals surface area contributed by atoms with E-state index in [1.807, 2.05) is 6.92 Å². The van der Waals surface area contributed by atoms with E-state index in [1.54, 1.807) is 4.57 Å². The summed E-state index contributed by atoms with van der Waals surface area (Å²) in [5, 5.41) is 11.2. The SMILES string of the molecule is CCn1c(COc2cccc(C(F)(F)F)c2)nnc1SCC(=O)Nc1ccc(F)cc1. The fourth-order valence-electron chi connectivity index (χ4n) is 2.62. The van der Waals surface area contributed by atoms with Crippen molar-refractivity contribution in [1.29, 1.82) is 0 Å². The number of aromatic nitrogens is 3. The zero-order chi connectivity index (χ0) is 22.4. The largest absolute Gasteiger partial charge is 0.486 e. The molecule has 1 heterocycles. The Labute approximate surface area is 179 Å². The van der Waals surface area contributed by atoms with Crippen LogP contribution in [0.15, 0.2) is 53.7 Å². The maximum Gasteiger partial charge on any atom is 0.416 e. The van der Waals surface area contributed by atoms with Crippen LogP contribution in [0.1, 0.15) is 18.3 Å². The van der Waals surface area contributed by atoms with Gasteiger partial charge in [0.05, 0.1) is 11.3 Å². The van der Waals surface area contributed by atoms with E-state index >= 15 is 0 Å². The van der Waals surface area contributed by atoms with Crippen molar-refractivity contribution in [2.45, 2.75) is 31.4 Å². The molecule has 1 N–H and O–H groups in total. The normalized spacial score (nSPS) is 11.4. The molecular weight excluding hydrogens is 436 g/mol. The highest BCUT2D eigenvalue weighted by molar-refractivity contribution is 7.99. The lowest BCUT2D eigenvalue weighted by Crippen LogP contribution is -2.15. The van der Waals surface area contributed by atoms with Gasteiger partial charge >= 0.3 is 6.18 Å². The van der Waals surface area contributed by atoms with Crippen LogP contribution >= 0.6 is 11.8 Å². The van der Waals surface area contributed by atoms with Crippen LogP contribution in [-0.4, -0.2) is 26.4 Å². The van der Waals surface area contributed by atoms with E-state index in [4.69, 9.17) is 4.74 Å². The maximum atomic E-state index is 12.9. The molecule has 164 valence electrons. The summed E-state index contributed by atoms with van der Waals surface area (Å²) in [5.41, 5.74) is -0.329.